The summed E-state index contributed by atoms with van der Waals surface area (Å²) in [6, 6.07) is 4.76. The van der Waals surface area contributed by atoms with Gasteiger partial charge >= 0.3 is 6.09 Å². The fraction of sp³-hybridized carbons (Fsp3) is 0.462. The minimum atomic E-state index is -4.35. The van der Waals surface area contributed by atoms with E-state index in [1.54, 1.807) is 4.72 Å². The van der Waals surface area contributed by atoms with Crippen LogP contribution < -0.4 is 4.72 Å². The number of carbonyl (C=O) groups is 1. The maximum Gasteiger partial charge on any atom is 0.421 e. The van der Waals surface area contributed by atoms with Crippen LogP contribution in [0, 0.1) is 10.1 Å². The van der Waals surface area contributed by atoms with E-state index in [0.29, 0.717) is 6.42 Å². The van der Waals surface area contributed by atoms with Gasteiger partial charge in [-0.05, 0) is 12.5 Å². The second-order valence-corrected chi connectivity index (χ2v) is 6.18. The Bertz CT molecular complexity index is 629. The molecule has 0 aliphatic rings. The highest BCUT2D eigenvalue weighted by Crippen LogP contribution is 2.22. The Hall–Kier alpha value is -2.16. The van der Waals surface area contributed by atoms with Crippen LogP contribution in [0.2, 0.25) is 0 Å². The van der Waals surface area contributed by atoms with Crippen molar-refractivity contribution in [2.24, 2.45) is 0 Å². The van der Waals surface area contributed by atoms with Crippen molar-refractivity contribution in [3.63, 3.8) is 0 Å². The number of benzene rings is 1. The predicted octanol–water partition coefficient (Wildman–Crippen LogP) is 2.59. The van der Waals surface area contributed by atoms with Gasteiger partial charge < -0.3 is 4.74 Å². The Balaban J connectivity index is 2.68. The van der Waals surface area contributed by atoms with Crippen LogP contribution in [0.15, 0.2) is 29.2 Å². The van der Waals surface area contributed by atoms with E-state index in [4.69, 9.17) is 4.74 Å². The summed E-state index contributed by atoms with van der Waals surface area (Å²) in [7, 11) is -4.35. The molecule has 9 heteroatoms. The first-order valence-electron chi connectivity index (χ1n) is 6.81. The second-order valence-electron chi connectivity index (χ2n) is 4.53. The Morgan fingerprint density at radius 3 is 2.59 bits per heavy atom. The van der Waals surface area contributed by atoms with Crippen LogP contribution in [0.1, 0.15) is 32.6 Å². The number of hydrogen-bond acceptors (Lipinski definition) is 6. The Morgan fingerprint density at radius 2 is 1.95 bits per heavy atom. The molecule has 0 heterocycles. The number of amides is 1. The summed E-state index contributed by atoms with van der Waals surface area (Å²) in [6.45, 7) is 2.13. The molecule has 1 N–H and O–H groups in total. The van der Waals surface area contributed by atoms with E-state index in [-0.39, 0.29) is 6.61 Å². The van der Waals surface area contributed by atoms with Crippen LogP contribution in [0.25, 0.3) is 0 Å². The zero-order valence-corrected chi connectivity index (χ0v) is 13.0. The van der Waals surface area contributed by atoms with E-state index in [1.807, 2.05) is 6.92 Å². The number of nitro benzene ring substituents is 1. The largest absolute Gasteiger partial charge is 0.449 e. The van der Waals surface area contributed by atoms with Gasteiger partial charge in [-0.3, -0.25) is 10.1 Å². The van der Waals surface area contributed by atoms with Gasteiger partial charge in [-0.15, -0.1) is 0 Å². The number of nitro groups is 1. The summed E-state index contributed by atoms with van der Waals surface area (Å²) in [5.41, 5.74) is -0.606. The highest BCUT2D eigenvalue weighted by molar-refractivity contribution is 7.90. The molecular weight excluding hydrogens is 312 g/mol. The van der Waals surface area contributed by atoms with Gasteiger partial charge in [0.2, 0.25) is 0 Å². The fourth-order valence-corrected chi connectivity index (χ4v) is 2.79. The molecule has 0 aliphatic carbocycles. The van der Waals surface area contributed by atoms with Crippen molar-refractivity contribution in [1.29, 1.82) is 0 Å². The zero-order valence-electron chi connectivity index (χ0n) is 12.1. The van der Waals surface area contributed by atoms with Crippen molar-refractivity contribution in [2.45, 2.75) is 37.5 Å². The van der Waals surface area contributed by atoms with Crippen LogP contribution in [0.4, 0.5) is 10.5 Å². The van der Waals surface area contributed by atoms with Crippen molar-refractivity contribution in [3.05, 3.63) is 34.4 Å². The molecule has 0 bridgehead atoms. The first-order valence-corrected chi connectivity index (χ1v) is 8.29. The highest BCUT2D eigenvalue weighted by Gasteiger charge is 2.27. The summed E-state index contributed by atoms with van der Waals surface area (Å²) in [5, 5.41) is 10.8. The number of carbonyl (C=O) groups excluding carboxylic acids is 1. The van der Waals surface area contributed by atoms with E-state index in [1.165, 1.54) is 12.1 Å². The topological polar surface area (TPSA) is 116 Å². The molecule has 122 valence electrons. The van der Waals surface area contributed by atoms with Gasteiger partial charge in [-0.1, -0.05) is 38.3 Å². The number of ether oxygens (including phenoxy) is 1. The average molecular weight is 330 g/mol. The number of nitrogens with zero attached hydrogens (tertiary/aromatic N) is 1. The summed E-state index contributed by atoms with van der Waals surface area (Å²) >= 11 is 0. The SMILES string of the molecule is CCCCCCOC(=O)NS(=O)(=O)c1ccccc1[N+](=O)[O-]. The third-order valence-corrected chi connectivity index (χ3v) is 4.16. The van der Waals surface area contributed by atoms with Gasteiger partial charge in [0, 0.05) is 6.07 Å². The van der Waals surface area contributed by atoms with Crippen LogP contribution in [-0.2, 0) is 14.8 Å². The number of hydrogen-bond donors (Lipinski definition) is 1. The quantitative estimate of drug-likeness (QED) is 0.445. The Labute approximate surface area is 128 Å². The van der Waals surface area contributed by atoms with Crippen LogP contribution in [0.5, 0.6) is 0 Å². The van der Waals surface area contributed by atoms with Gasteiger partial charge in [0.1, 0.15) is 0 Å². The van der Waals surface area contributed by atoms with Crippen LogP contribution >= 0.6 is 0 Å². The van der Waals surface area contributed by atoms with Crippen molar-refractivity contribution < 1.29 is 22.9 Å². The number of rotatable bonds is 8. The van der Waals surface area contributed by atoms with Gasteiger partial charge in [0.15, 0.2) is 4.90 Å². The zero-order chi connectivity index (χ0) is 16.6. The minimum Gasteiger partial charge on any atom is -0.449 e. The Kier molecular flexibility index (Phi) is 6.77. The van der Waals surface area contributed by atoms with Gasteiger partial charge in [0.25, 0.3) is 15.7 Å². The van der Waals surface area contributed by atoms with E-state index >= 15 is 0 Å². The number of sulfonamides is 1. The minimum absolute atomic E-state index is 0.0955. The number of unbranched alkanes of at least 4 members (excludes halogenated alkanes) is 3. The standard InChI is InChI=1S/C13H18N2O6S/c1-2-3-4-7-10-21-13(16)14-22(19,20)12-9-6-5-8-11(12)15(17)18/h5-6,8-9H,2-4,7,10H2,1H3,(H,14,16). The summed E-state index contributed by atoms with van der Waals surface area (Å²) in [6.07, 6.45) is 2.39. The van der Waals surface area contributed by atoms with Crippen molar-refractivity contribution in [1.82, 2.24) is 4.72 Å². The Morgan fingerprint density at radius 1 is 1.27 bits per heavy atom. The van der Waals surface area contributed by atoms with E-state index < -0.39 is 31.6 Å². The second kappa shape index (κ2) is 8.32. The molecule has 0 saturated carbocycles. The lowest BCUT2D eigenvalue weighted by molar-refractivity contribution is -0.387. The van der Waals surface area contributed by atoms with Crippen molar-refractivity contribution in [3.8, 4) is 0 Å². The average Bonchev–Trinajstić information content (AvgIpc) is 2.46. The molecule has 0 fully saturated rings. The highest BCUT2D eigenvalue weighted by atomic mass is 32.2. The molecule has 1 aromatic carbocycles. The summed E-state index contributed by atoms with van der Waals surface area (Å²) in [5.74, 6) is 0. The normalized spacial score (nSPS) is 11.0. The monoisotopic (exact) mass is 330 g/mol. The van der Waals surface area contributed by atoms with Gasteiger partial charge in [-0.2, -0.15) is 0 Å². The maximum atomic E-state index is 12.0. The van der Waals surface area contributed by atoms with E-state index in [9.17, 15) is 23.3 Å². The molecule has 0 radical (unpaired) electrons. The first-order chi connectivity index (χ1) is 10.4. The molecule has 0 saturated heterocycles. The lowest BCUT2D eigenvalue weighted by Gasteiger charge is -2.08. The molecule has 0 aliphatic heterocycles. The number of para-hydroxylation sites is 1. The molecule has 0 unspecified atom stereocenters. The van der Waals surface area contributed by atoms with Gasteiger partial charge in [0.05, 0.1) is 11.5 Å². The maximum absolute atomic E-state index is 12.0. The summed E-state index contributed by atoms with van der Waals surface area (Å²) in [4.78, 5) is 20.9. The third kappa shape index (κ3) is 5.32. The molecule has 22 heavy (non-hydrogen) atoms. The molecule has 8 nitrogen and oxygen atoms in total. The molecular formula is C13H18N2O6S. The lowest BCUT2D eigenvalue weighted by atomic mass is 10.2. The van der Waals surface area contributed by atoms with Crippen LogP contribution in [0.3, 0.4) is 0 Å². The van der Waals surface area contributed by atoms with Crippen LogP contribution in [-0.4, -0.2) is 26.0 Å². The van der Waals surface area contributed by atoms with Crippen molar-refractivity contribution >= 4 is 21.8 Å². The fourth-order valence-electron chi connectivity index (χ4n) is 1.72. The molecule has 0 atom stereocenters. The van der Waals surface area contributed by atoms with E-state index in [2.05, 4.69) is 0 Å². The summed E-state index contributed by atoms with van der Waals surface area (Å²) < 4.78 is 30.4. The molecule has 1 aromatic rings. The van der Waals surface area contributed by atoms with E-state index in [0.717, 1.165) is 31.4 Å². The molecule has 0 aromatic heterocycles. The lowest BCUT2D eigenvalue weighted by Crippen LogP contribution is -2.31. The third-order valence-electron chi connectivity index (χ3n) is 2.80. The molecule has 0 spiro atoms. The number of nitrogens with one attached hydrogen (secondary N) is 1. The first kappa shape index (κ1) is 17.9. The van der Waals surface area contributed by atoms with Gasteiger partial charge in [-0.25, -0.2) is 17.9 Å². The molecule has 1 amide bonds. The predicted molar refractivity (Wildman–Crippen MR) is 78.9 cm³/mol. The smallest absolute Gasteiger partial charge is 0.421 e. The van der Waals surface area contributed by atoms with Crippen molar-refractivity contribution in [2.75, 3.05) is 6.61 Å². The molecule has 1 rings (SSSR count).